The first kappa shape index (κ1) is 9.92. The van der Waals surface area contributed by atoms with Crippen molar-refractivity contribution >= 4 is 5.69 Å². The zero-order valence-electron chi connectivity index (χ0n) is 8.30. The summed E-state index contributed by atoms with van der Waals surface area (Å²) in [6.07, 6.45) is 0.195. The minimum absolute atomic E-state index is 0.116. The molecule has 1 aromatic carbocycles. The highest BCUT2D eigenvalue weighted by molar-refractivity contribution is 5.44. The van der Waals surface area contributed by atoms with Crippen LogP contribution in [0.15, 0.2) is 18.2 Å². The molecule has 5 nitrogen and oxygen atoms in total. The Labute approximate surface area is 86.8 Å². The molecule has 80 valence electrons. The zero-order valence-corrected chi connectivity index (χ0v) is 8.30. The maximum atomic E-state index is 10.6. The highest BCUT2D eigenvalue weighted by Crippen LogP contribution is 2.23. The van der Waals surface area contributed by atoms with E-state index >= 15 is 0 Å². The van der Waals surface area contributed by atoms with Crippen molar-refractivity contribution in [2.24, 2.45) is 0 Å². The van der Waals surface area contributed by atoms with Gasteiger partial charge in [0.2, 0.25) is 0 Å². The van der Waals surface area contributed by atoms with Crippen LogP contribution in [0.25, 0.3) is 0 Å². The molecule has 0 bridgehead atoms. The minimum Gasteiger partial charge on any atom is -0.491 e. The van der Waals surface area contributed by atoms with E-state index < -0.39 is 4.92 Å². The summed E-state index contributed by atoms with van der Waals surface area (Å²) in [5.41, 5.74) is 0.722. The van der Waals surface area contributed by atoms with Gasteiger partial charge in [0.25, 0.3) is 5.69 Å². The first-order chi connectivity index (χ1) is 7.16. The van der Waals surface area contributed by atoms with Gasteiger partial charge in [-0.1, -0.05) is 0 Å². The van der Waals surface area contributed by atoms with Crippen molar-refractivity contribution in [1.82, 2.24) is 0 Å². The normalized spacial score (nSPS) is 18.6. The molecule has 1 fully saturated rings. The van der Waals surface area contributed by atoms with Crippen LogP contribution in [0.4, 0.5) is 5.69 Å². The highest BCUT2D eigenvalue weighted by atomic mass is 16.6. The summed E-state index contributed by atoms with van der Waals surface area (Å²) in [5.74, 6) is 0.647. The smallest absolute Gasteiger partial charge is 0.272 e. The monoisotopic (exact) mass is 209 g/mol. The number of nitrogens with zero attached hydrogens (tertiary/aromatic N) is 1. The van der Waals surface area contributed by atoms with Gasteiger partial charge in [0.1, 0.15) is 18.5 Å². The van der Waals surface area contributed by atoms with Crippen LogP contribution in [0.5, 0.6) is 5.75 Å². The SMILES string of the molecule is Cc1cc(OCC2CO2)ccc1[N+](=O)[O-]. The van der Waals surface area contributed by atoms with Crippen molar-refractivity contribution in [3.63, 3.8) is 0 Å². The molecule has 2 rings (SSSR count). The van der Waals surface area contributed by atoms with Crippen molar-refractivity contribution < 1.29 is 14.4 Å². The Morgan fingerprint density at radius 2 is 2.40 bits per heavy atom. The van der Waals surface area contributed by atoms with Gasteiger partial charge in [0, 0.05) is 11.6 Å². The molecule has 0 aromatic heterocycles. The molecule has 1 atom stereocenters. The Balaban J connectivity index is 2.06. The molecule has 1 heterocycles. The standard InChI is InChI=1S/C10H11NO4/c1-7-4-8(14-5-9-6-15-9)2-3-10(7)11(12)13/h2-4,9H,5-6H2,1H3. The average molecular weight is 209 g/mol. The van der Waals surface area contributed by atoms with Crippen molar-refractivity contribution in [3.05, 3.63) is 33.9 Å². The average Bonchev–Trinajstić information content (AvgIpc) is 2.97. The molecule has 0 N–H and O–H groups in total. The molecule has 0 amide bonds. The molecule has 5 heteroatoms. The van der Waals surface area contributed by atoms with Crippen LogP contribution in [0.2, 0.25) is 0 Å². The summed E-state index contributed by atoms with van der Waals surface area (Å²) in [6, 6.07) is 4.73. The summed E-state index contributed by atoms with van der Waals surface area (Å²) >= 11 is 0. The first-order valence-electron chi connectivity index (χ1n) is 4.66. The fraction of sp³-hybridized carbons (Fsp3) is 0.400. The van der Waals surface area contributed by atoms with Crippen molar-refractivity contribution in [3.8, 4) is 5.75 Å². The molecular formula is C10H11NO4. The minimum atomic E-state index is -0.400. The van der Waals surface area contributed by atoms with E-state index in [0.717, 1.165) is 6.61 Å². The fourth-order valence-corrected chi connectivity index (χ4v) is 1.28. The predicted molar refractivity (Wildman–Crippen MR) is 53.1 cm³/mol. The molecule has 0 radical (unpaired) electrons. The van der Waals surface area contributed by atoms with Crippen LogP contribution in [0.3, 0.4) is 0 Å². The molecule has 0 spiro atoms. The van der Waals surface area contributed by atoms with Crippen LogP contribution in [-0.2, 0) is 4.74 Å². The zero-order chi connectivity index (χ0) is 10.8. The molecule has 1 aromatic rings. The van der Waals surface area contributed by atoms with Gasteiger partial charge >= 0.3 is 0 Å². The lowest BCUT2D eigenvalue weighted by Gasteiger charge is -2.04. The van der Waals surface area contributed by atoms with Crippen LogP contribution in [0, 0.1) is 17.0 Å². The van der Waals surface area contributed by atoms with Crippen molar-refractivity contribution in [2.75, 3.05) is 13.2 Å². The number of hydrogen-bond acceptors (Lipinski definition) is 4. The van der Waals surface area contributed by atoms with E-state index in [1.807, 2.05) is 0 Å². The number of hydrogen-bond donors (Lipinski definition) is 0. The Kier molecular flexibility index (Phi) is 2.55. The quantitative estimate of drug-likeness (QED) is 0.430. The third-order valence-electron chi connectivity index (χ3n) is 2.20. The van der Waals surface area contributed by atoms with Crippen LogP contribution in [0.1, 0.15) is 5.56 Å². The third kappa shape index (κ3) is 2.44. The number of benzene rings is 1. The molecule has 0 saturated carbocycles. The Morgan fingerprint density at radius 1 is 1.67 bits per heavy atom. The number of epoxide rings is 1. The Bertz CT molecular complexity index is 387. The number of nitro benzene ring substituents is 1. The van der Waals surface area contributed by atoms with E-state index in [2.05, 4.69) is 0 Å². The summed E-state index contributed by atoms with van der Waals surface area (Å²) in [4.78, 5) is 10.2. The van der Waals surface area contributed by atoms with Crippen LogP contribution < -0.4 is 4.74 Å². The van der Waals surface area contributed by atoms with E-state index in [4.69, 9.17) is 9.47 Å². The van der Waals surface area contributed by atoms with Gasteiger partial charge in [-0.25, -0.2) is 0 Å². The first-order valence-corrected chi connectivity index (χ1v) is 4.66. The number of nitro groups is 1. The van der Waals surface area contributed by atoms with Crippen LogP contribution in [-0.4, -0.2) is 24.2 Å². The summed E-state index contributed by atoms with van der Waals surface area (Å²) in [6.45, 7) is 2.95. The summed E-state index contributed by atoms with van der Waals surface area (Å²) < 4.78 is 10.4. The second kappa shape index (κ2) is 3.86. The number of ether oxygens (including phenoxy) is 2. The Morgan fingerprint density at radius 3 is 2.93 bits per heavy atom. The second-order valence-electron chi connectivity index (χ2n) is 3.47. The van der Waals surface area contributed by atoms with Gasteiger partial charge in [0.05, 0.1) is 11.5 Å². The molecule has 1 aliphatic rings. The fourth-order valence-electron chi connectivity index (χ4n) is 1.28. The molecule has 1 unspecified atom stereocenters. The maximum absolute atomic E-state index is 10.6. The van der Waals surface area contributed by atoms with Gasteiger partial charge in [-0.2, -0.15) is 0 Å². The molecule has 1 saturated heterocycles. The molecule has 15 heavy (non-hydrogen) atoms. The van der Waals surface area contributed by atoms with Gasteiger partial charge in [-0.3, -0.25) is 10.1 Å². The van der Waals surface area contributed by atoms with E-state index in [0.29, 0.717) is 17.9 Å². The predicted octanol–water partition coefficient (Wildman–Crippen LogP) is 1.68. The lowest BCUT2D eigenvalue weighted by atomic mass is 10.2. The lowest BCUT2D eigenvalue weighted by molar-refractivity contribution is -0.385. The van der Waals surface area contributed by atoms with Crippen molar-refractivity contribution in [2.45, 2.75) is 13.0 Å². The van der Waals surface area contributed by atoms with E-state index in [9.17, 15) is 10.1 Å². The van der Waals surface area contributed by atoms with E-state index in [1.54, 1.807) is 19.1 Å². The molecule has 0 aliphatic carbocycles. The lowest BCUT2D eigenvalue weighted by Crippen LogP contribution is -2.04. The van der Waals surface area contributed by atoms with Gasteiger partial charge in [-0.15, -0.1) is 0 Å². The number of aryl methyl sites for hydroxylation is 1. The highest BCUT2D eigenvalue weighted by Gasteiger charge is 2.23. The maximum Gasteiger partial charge on any atom is 0.272 e. The topological polar surface area (TPSA) is 64.9 Å². The molecule has 1 aliphatic heterocycles. The van der Waals surface area contributed by atoms with Gasteiger partial charge in [0.15, 0.2) is 0 Å². The summed E-state index contributed by atoms with van der Waals surface area (Å²) in [5, 5.41) is 10.6. The van der Waals surface area contributed by atoms with E-state index in [1.165, 1.54) is 6.07 Å². The van der Waals surface area contributed by atoms with Gasteiger partial charge < -0.3 is 9.47 Å². The largest absolute Gasteiger partial charge is 0.491 e. The summed E-state index contributed by atoms with van der Waals surface area (Å²) in [7, 11) is 0. The Hall–Kier alpha value is -1.62. The van der Waals surface area contributed by atoms with E-state index in [-0.39, 0.29) is 11.8 Å². The van der Waals surface area contributed by atoms with Gasteiger partial charge in [-0.05, 0) is 19.1 Å². The van der Waals surface area contributed by atoms with Crippen LogP contribution >= 0.6 is 0 Å². The third-order valence-corrected chi connectivity index (χ3v) is 2.20. The second-order valence-corrected chi connectivity index (χ2v) is 3.47. The number of rotatable bonds is 4. The molecular weight excluding hydrogens is 198 g/mol. The van der Waals surface area contributed by atoms with Crippen molar-refractivity contribution in [1.29, 1.82) is 0 Å².